The molecule has 0 saturated carbocycles. The molecule has 0 bridgehead atoms. The van der Waals surface area contributed by atoms with Crippen molar-refractivity contribution in [3.05, 3.63) is 36.7 Å². The van der Waals surface area contributed by atoms with Gasteiger partial charge in [-0.2, -0.15) is 10.4 Å². The predicted octanol–water partition coefficient (Wildman–Crippen LogP) is 3.46. The van der Waals surface area contributed by atoms with Gasteiger partial charge in [-0.05, 0) is 32.8 Å². The third kappa shape index (κ3) is 3.39. The Morgan fingerprint density at radius 2 is 2.10 bits per heavy atom. The van der Waals surface area contributed by atoms with E-state index >= 15 is 0 Å². The van der Waals surface area contributed by atoms with Crippen molar-refractivity contribution in [1.29, 1.82) is 5.26 Å². The van der Waals surface area contributed by atoms with Crippen LogP contribution in [-0.4, -0.2) is 9.78 Å². The van der Waals surface area contributed by atoms with Gasteiger partial charge in [0.1, 0.15) is 0 Å². The van der Waals surface area contributed by atoms with Gasteiger partial charge in [-0.1, -0.05) is 18.2 Å². The smallest absolute Gasteiger partial charge is 0.0683 e. The van der Waals surface area contributed by atoms with Crippen molar-refractivity contribution < 1.29 is 0 Å². The molecule has 0 spiro atoms. The van der Waals surface area contributed by atoms with Crippen LogP contribution < -0.4 is 5.73 Å². The van der Waals surface area contributed by atoms with Crippen molar-refractivity contribution in [3.63, 3.8) is 0 Å². The largest absolute Gasteiger partial charge is 0.398 e. The van der Waals surface area contributed by atoms with Crippen molar-refractivity contribution in [3.8, 4) is 17.2 Å². The summed E-state index contributed by atoms with van der Waals surface area (Å²) < 4.78 is 1.91. The van der Waals surface area contributed by atoms with Crippen LogP contribution in [0.2, 0.25) is 0 Å². The molecule has 4 nitrogen and oxygen atoms in total. The number of nitrogens with zero attached hydrogens (tertiary/aromatic N) is 3. The number of anilines is 1. The van der Waals surface area contributed by atoms with Crippen LogP contribution in [0.3, 0.4) is 0 Å². The molecule has 20 heavy (non-hydrogen) atoms. The Kier molecular flexibility index (Phi) is 4.09. The zero-order valence-corrected chi connectivity index (χ0v) is 12.0. The summed E-state index contributed by atoms with van der Waals surface area (Å²) >= 11 is 0. The maximum absolute atomic E-state index is 8.99. The molecular formula is C16H20N4. The summed E-state index contributed by atoms with van der Waals surface area (Å²) in [5.74, 6) is 0. The highest BCUT2D eigenvalue weighted by atomic mass is 15.3. The monoisotopic (exact) mass is 268 g/mol. The highest BCUT2D eigenvalue weighted by molar-refractivity contribution is 5.75. The number of aryl methyl sites for hydroxylation is 1. The van der Waals surface area contributed by atoms with Gasteiger partial charge in [-0.15, -0.1) is 0 Å². The summed E-state index contributed by atoms with van der Waals surface area (Å²) in [4.78, 5) is 0. The molecule has 0 aliphatic carbocycles. The van der Waals surface area contributed by atoms with Gasteiger partial charge in [0.15, 0.2) is 0 Å². The zero-order chi connectivity index (χ0) is 14.6. The van der Waals surface area contributed by atoms with E-state index in [4.69, 9.17) is 11.0 Å². The first-order chi connectivity index (χ1) is 9.52. The second kappa shape index (κ2) is 5.79. The van der Waals surface area contributed by atoms with Gasteiger partial charge >= 0.3 is 0 Å². The summed E-state index contributed by atoms with van der Waals surface area (Å²) in [7, 11) is 0. The molecule has 2 rings (SSSR count). The zero-order valence-electron chi connectivity index (χ0n) is 12.0. The first kappa shape index (κ1) is 14.1. The lowest BCUT2D eigenvalue weighted by atomic mass is 9.90. The summed E-state index contributed by atoms with van der Waals surface area (Å²) in [5.41, 5.74) is 8.50. The molecular weight excluding hydrogens is 248 g/mol. The Bertz CT molecular complexity index is 619. The third-order valence-electron chi connectivity index (χ3n) is 3.40. The number of benzene rings is 1. The molecule has 0 fully saturated rings. The molecule has 0 aliphatic rings. The van der Waals surface area contributed by atoms with Crippen molar-refractivity contribution in [2.45, 2.75) is 33.2 Å². The molecule has 104 valence electrons. The van der Waals surface area contributed by atoms with Gasteiger partial charge < -0.3 is 5.73 Å². The third-order valence-corrected chi connectivity index (χ3v) is 3.40. The number of aromatic nitrogens is 2. The maximum atomic E-state index is 8.99. The van der Waals surface area contributed by atoms with Gasteiger partial charge in [0.25, 0.3) is 0 Å². The first-order valence-corrected chi connectivity index (χ1v) is 6.80. The van der Waals surface area contributed by atoms with E-state index < -0.39 is 0 Å². The molecule has 1 aromatic carbocycles. The van der Waals surface area contributed by atoms with E-state index in [-0.39, 0.29) is 5.41 Å². The van der Waals surface area contributed by atoms with Gasteiger partial charge in [-0.25, -0.2) is 0 Å². The topological polar surface area (TPSA) is 67.6 Å². The average molecular weight is 268 g/mol. The molecule has 0 saturated heterocycles. The fraction of sp³-hybridized carbons (Fsp3) is 0.375. The van der Waals surface area contributed by atoms with Crippen LogP contribution >= 0.6 is 0 Å². The fourth-order valence-corrected chi connectivity index (χ4v) is 2.12. The van der Waals surface area contributed by atoms with Crippen molar-refractivity contribution in [2.75, 3.05) is 5.73 Å². The lowest BCUT2D eigenvalue weighted by molar-refractivity contribution is 0.407. The number of hydrogen-bond acceptors (Lipinski definition) is 3. The van der Waals surface area contributed by atoms with Crippen LogP contribution in [0.1, 0.15) is 26.7 Å². The molecule has 0 unspecified atom stereocenters. The van der Waals surface area contributed by atoms with E-state index in [0.717, 1.165) is 36.2 Å². The number of nitriles is 1. The summed E-state index contributed by atoms with van der Waals surface area (Å²) in [5, 5.41) is 13.3. The van der Waals surface area contributed by atoms with Crippen LogP contribution in [0.25, 0.3) is 11.1 Å². The van der Waals surface area contributed by atoms with E-state index in [1.54, 1.807) is 0 Å². The Hall–Kier alpha value is -2.28. The first-order valence-electron chi connectivity index (χ1n) is 6.80. The van der Waals surface area contributed by atoms with E-state index in [0.29, 0.717) is 0 Å². The molecule has 0 radical (unpaired) electrons. The predicted molar refractivity (Wildman–Crippen MR) is 80.7 cm³/mol. The maximum Gasteiger partial charge on any atom is 0.0683 e. The SMILES string of the molecule is CC(C)(C#N)CCCn1cc(-c2ccccc2N)cn1. The molecule has 1 heterocycles. The summed E-state index contributed by atoms with van der Waals surface area (Å²) in [6, 6.07) is 10.1. The highest BCUT2D eigenvalue weighted by Crippen LogP contribution is 2.25. The second-order valence-electron chi connectivity index (χ2n) is 5.68. The van der Waals surface area contributed by atoms with Crippen molar-refractivity contribution >= 4 is 5.69 Å². The van der Waals surface area contributed by atoms with Crippen LogP contribution in [0.15, 0.2) is 36.7 Å². The van der Waals surface area contributed by atoms with Crippen molar-refractivity contribution in [2.24, 2.45) is 5.41 Å². The van der Waals surface area contributed by atoms with E-state index in [2.05, 4.69) is 11.2 Å². The van der Waals surface area contributed by atoms with E-state index in [1.807, 2.05) is 55.2 Å². The minimum atomic E-state index is -0.264. The Balaban J connectivity index is 2.00. The van der Waals surface area contributed by atoms with Crippen molar-refractivity contribution in [1.82, 2.24) is 9.78 Å². The van der Waals surface area contributed by atoms with Crippen LogP contribution in [0.5, 0.6) is 0 Å². The Morgan fingerprint density at radius 3 is 2.80 bits per heavy atom. The van der Waals surface area contributed by atoms with Crippen LogP contribution in [0, 0.1) is 16.7 Å². The molecule has 0 aliphatic heterocycles. The lowest BCUT2D eigenvalue weighted by Crippen LogP contribution is -2.09. The molecule has 2 N–H and O–H groups in total. The summed E-state index contributed by atoms with van der Waals surface area (Å²) in [6.45, 7) is 4.75. The van der Waals surface area contributed by atoms with Gasteiger partial charge in [0.05, 0.1) is 17.7 Å². The van der Waals surface area contributed by atoms with Crippen LogP contribution in [-0.2, 0) is 6.54 Å². The average Bonchev–Trinajstić information content (AvgIpc) is 2.88. The Morgan fingerprint density at radius 1 is 1.35 bits per heavy atom. The minimum Gasteiger partial charge on any atom is -0.398 e. The molecule has 2 aromatic rings. The van der Waals surface area contributed by atoms with Gasteiger partial charge in [-0.3, -0.25) is 4.68 Å². The highest BCUT2D eigenvalue weighted by Gasteiger charge is 2.15. The molecule has 0 atom stereocenters. The standard InChI is InChI=1S/C16H20N4/c1-16(2,12-17)8-5-9-20-11-13(10-19-20)14-6-3-4-7-15(14)18/h3-4,6-7,10-11H,5,8-9,18H2,1-2H3. The fourth-order valence-electron chi connectivity index (χ4n) is 2.12. The van der Waals surface area contributed by atoms with Crippen LogP contribution in [0.4, 0.5) is 5.69 Å². The number of nitrogen functional groups attached to an aromatic ring is 1. The molecule has 4 heteroatoms. The Labute approximate surface area is 119 Å². The second-order valence-corrected chi connectivity index (χ2v) is 5.68. The minimum absolute atomic E-state index is 0.264. The molecule has 0 amide bonds. The number of hydrogen-bond donors (Lipinski definition) is 1. The van der Waals surface area contributed by atoms with Gasteiger partial charge in [0.2, 0.25) is 0 Å². The van der Waals surface area contributed by atoms with Gasteiger partial charge in [0, 0.05) is 29.6 Å². The number of nitrogens with two attached hydrogens (primary N) is 1. The van der Waals surface area contributed by atoms with E-state index in [9.17, 15) is 0 Å². The number of rotatable bonds is 5. The molecule has 1 aromatic heterocycles. The number of para-hydroxylation sites is 1. The lowest BCUT2D eigenvalue weighted by Gasteiger charge is -2.14. The van der Waals surface area contributed by atoms with E-state index in [1.165, 1.54) is 0 Å². The summed E-state index contributed by atoms with van der Waals surface area (Å²) in [6.07, 6.45) is 5.64. The quantitative estimate of drug-likeness (QED) is 0.844. The normalized spacial score (nSPS) is 11.2.